The Morgan fingerprint density at radius 3 is 2.48 bits per heavy atom. The first-order chi connectivity index (χ1) is 15.5. The number of aromatic nitrogens is 3. The van der Waals surface area contributed by atoms with Crippen molar-refractivity contribution in [3.8, 4) is 5.82 Å². The van der Waals surface area contributed by atoms with Crippen molar-refractivity contribution >= 4 is 23.3 Å². The highest BCUT2D eigenvalue weighted by atomic mass is 19.4. The van der Waals surface area contributed by atoms with Crippen LogP contribution in [0.25, 0.3) is 5.82 Å². The average Bonchev–Trinajstić information content (AvgIpc) is 3.14. The lowest BCUT2D eigenvalue weighted by atomic mass is 10.2. The predicted octanol–water partition coefficient (Wildman–Crippen LogP) is 3.69. The molecule has 13 heteroatoms. The van der Waals surface area contributed by atoms with Gasteiger partial charge in [-0.1, -0.05) is 12.1 Å². The summed E-state index contributed by atoms with van der Waals surface area (Å²) in [5.74, 6) is -1.68. The number of pyridine rings is 1. The molecular formula is C20H16F3N5O5. The molecule has 0 saturated heterocycles. The van der Waals surface area contributed by atoms with E-state index in [4.69, 9.17) is 4.74 Å². The molecule has 0 aliphatic rings. The van der Waals surface area contributed by atoms with Crippen LogP contribution in [0.4, 0.5) is 24.5 Å². The zero-order valence-corrected chi connectivity index (χ0v) is 17.2. The summed E-state index contributed by atoms with van der Waals surface area (Å²) in [6.07, 6.45) is -4.09. The molecule has 3 aromatic rings. The van der Waals surface area contributed by atoms with E-state index in [-0.39, 0.29) is 28.5 Å². The van der Waals surface area contributed by atoms with Crippen LogP contribution in [0.2, 0.25) is 0 Å². The molecule has 0 bridgehead atoms. The summed E-state index contributed by atoms with van der Waals surface area (Å²) in [6.45, 7) is 2.75. The first kappa shape index (κ1) is 23.4. The third-order valence-electron chi connectivity index (χ3n) is 4.53. The number of ether oxygens (including phenoxy) is 1. The van der Waals surface area contributed by atoms with Crippen LogP contribution in [-0.4, -0.2) is 37.7 Å². The maximum Gasteiger partial charge on any atom is 0.417 e. The molecule has 0 fully saturated rings. The fourth-order valence-electron chi connectivity index (χ4n) is 2.77. The van der Waals surface area contributed by atoms with E-state index >= 15 is 0 Å². The molecule has 3 rings (SSSR count). The standard InChI is InChI=1S/C20H16F3N5O5/c1-11-14(10-25-27(11)17-8-7-13(9-24-17)20(21,22)23)19(30)33-12(2)18(29)26-15-5-3-4-6-16(15)28(31)32/h3-10,12H,1-2H3,(H,26,29). The van der Waals surface area contributed by atoms with Gasteiger partial charge in [0.2, 0.25) is 0 Å². The summed E-state index contributed by atoms with van der Waals surface area (Å²) in [6, 6.07) is 7.39. The van der Waals surface area contributed by atoms with Crippen molar-refractivity contribution in [2.45, 2.75) is 26.1 Å². The largest absolute Gasteiger partial charge is 0.449 e. The Hall–Kier alpha value is -4.29. The summed E-state index contributed by atoms with van der Waals surface area (Å²) >= 11 is 0. The van der Waals surface area contributed by atoms with Crippen LogP contribution in [0.3, 0.4) is 0 Å². The number of halogens is 3. The fraction of sp³-hybridized carbons (Fsp3) is 0.200. The topological polar surface area (TPSA) is 129 Å². The number of nitrogens with zero attached hydrogens (tertiary/aromatic N) is 4. The molecule has 172 valence electrons. The second-order valence-corrected chi connectivity index (χ2v) is 6.77. The predicted molar refractivity (Wildman–Crippen MR) is 108 cm³/mol. The van der Waals surface area contributed by atoms with Gasteiger partial charge in [0.25, 0.3) is 11.6 Å². The number of rotatable bonds is 6. The SMILES string of the molecule is Cc1c(C(=O)OC(C)C(=O)Nc2ccccc2[N+](=O)[O-])cnn1-c1ccc(C(F)(F)F)cn1. The number of nitrogens with one attached hydrogen (secondary N) is 1. The Labute approximate surface area is 184 Å². The highest BCUT2D eigenvalue weighted by Crippen LogP contribution is 2.29. The summed E-state index contributed by atoms with van der Waals surface area (Å²) < 4.78 is 44.4. The Balaban J connectivity index is 1.71. The van der Waals surface area contributed by atoms with Crippen molar-refractivity contribution in [1.82, 2.24) is 14.8 Å². The zero-order valence-electron chi connectivity index (χ0n) is 17.2. The smallest absolute Gasteiger partial charge is 0.417 e. The van der Waals surface area contributed by atoms with Crippen molar-refractivity contribution in [3.63, 3.8) is 0 Å². The van der Waals surface area contributed by atoms with E-state index < -0.39 is 34.6 Å². The van der Waals surface area contributed by atoms with Crippen LogP contribution in [-0.2, 0) is 15.7 Å². The lowest BCUT2D eigenvalue weighted by Gasteiger charge is -2.13. The van der Waals surface area contributed by atoms with E-state index in [0.717, 1.165) is 23.0 Å². The maximum absolute atomic E-state index is 12.7. The number of esters is 1. The maximum atomic E-state index is 12.7. The second kappa shape index (κ2) is 9.06. The first-order valence-electron chi connectivity index (χ1n) is 9.32. The summed E-state index contributed by atoms with van der Waals surface area (Å²) in [5, 5.41) is 17.3. The number of amides is 1. The van der Waals surface area contributed by atoms with E-state index in [1.807, 2.05) is 0 Å². The molecule has 0 aliphatic carbocycles. The summed E-state index contributed by atoms with van der Waals surface area (Å²) in [5.41, 5.74) is -1.15. The van der Waals surface area contributed by atoms with Crippen LogP contribution in [0.5, 0.6) is 0 Å². The van der Waals surface area contributed by atoms with Gasteiger partial charge in [0.05, 0.1) is 22.4 Å². The van der Waals surface area contributed by atoms with Crippen molar-refractivity contribution in [3.05, 3.63) is 75.7 Å². The van der Waals surface area contributed by atoms with E-state index in [1.165, 1.54) is 38.1 Å². The molecule has 1 aromatic carbocycles. The molecule has 0 aliphatic heterocycles. The molecule has 1 amide bonds. The van der Waals surface area contributed by atoms with Crippen molar-refractivity contribution in [2.75, 3.05) is 5.32 Å². The molecule has 10 nitrogen and oxygen atoms in total. The number of nitro benzene ring substituents is 1. The van der Waals surface area contributed by atoms with Gasteiger partial charge in [-0.25, -0.2) is 14.5 Å². The van der Waals surface area contributed by atoms with Gasteiger partial charge in [-0.05, 0) is 32.0 Å². The number of hydrogen-bond donors (Lipinski definition) is 1. The van der Waals surface area contributed by atoms with E-state index in [9.17, 15) is 32.9 Å². The number of alkyl halides is 3. The van der Waals surface area contributed by atoms with Gasteiger partial charge in [0, 0.05) is 12.3 Å². The molecule has 2 aromatic heterocycles. The van der Waals surface area contributed by atoms with Gasteiger partial charge in [-0.3, -0.25) is 14.9 Å². The number of anilines is 1. The fourth-order valence-corrected chi connectivity index (χ4v) is 2.77. The van der Waals surface area contributed by atoms with Crippen molar-refractivity contribution < 1.29 is 32.4 Å². The number of hydrogen-bond acceptors (Lipinski definition) is 7. The molecule has 1 atom stereocenters. The number of carbonyl (C=O) groups excluding carboxylic acids is 2. The van der Waals surface area contributed by atoms with Gasteiger partial charge >= 0.3 is 12.1 Å². The molecule has 0 spiro atoms. The quantitative estimate of drug-likeness (QED) is 0.335. The molecular weight excluding hydrogens is 447 g/mol. The van der Waals surface area contributed by atoms with Crippen LogP contribution in [0.1, 0.15) is 28.5 Å². The average molecular weight is 463 g/mol. The van der Waals surface area contributed by atoms with Crippen molar-refractivity contribution in [1.29, 1.82) is 0 Å². The van der Waals surface area contributed by atoms with E-state index in [1.54, 1.807) is 0 Å². The summed E-state index contributed by atoms with van der Waals surface area (Å²) in [4.78, 5) is 39.0. The first-order valence-corrected chi connectivity index (χ1v) is 9.32. The molecule has 1 unspecified atom stereocenters. The lowest BCUT2D eigenvalue weighted by Crippen LogP contribution is -2.30. The Morgan fingerprint density at radius 2 is 1.88 bits per heavy atom. The van der Waals surface area contributed by atoms with Crippen LogP contribution >= 0.6 is 0 Å². The Kier molecular flexibility index (Phi) is 6.42. The van der Waals surface area contributed by atoms with Gasteiger partial charge in [-0.15, -0.1) is 0 Å². The van der Waals surface area contributed by atoms with Gasteiger partial charge < -0.3 is 10.1 Å². The number of para-hydroxylation sites is 2. The molecule has 2 heterocycles. The third kappa shape index (κ3) is 5.14. The minimum atomic E-state index is -4.55. The Bertz CT molecular complexity index is 1210. The van der Waals surface area contributed by atoms with Crippen LogP contribution < -0.4 is 5.32 Å². The number of carbonyl (C=O) groups is 2. The Morgan fingerprint density at radius 1 is 1.18 bits per heavy atom. The van der Waals surface area contributed by atoms with E-state index in [0.29, 0.717) is 6.20 Å². The third-order valence-corrected chi connectivity index (χ3v) is 4.53. The van der Waals surface area contributed by atoms with Crippen molar-refractivity contribution in [2.24, 2.45) is 0 Å². The van der Waals surface area contributed by atoms with E-state index in [2.05, 4.69) is 15.4 Å². The highest BCUT2D eigenvalue weighted by Gasteiger charge is 2.31. The molecule has 1 N–H and O–H groups in total. The van der Waals surface area contributed by atoms with Gasteiger partial charge in [0.15, 0.2) is 11.9 Å². The second-order valence-electron chi connectivity index (χ2n) is 6.77. The molecule has 0 saturated carbocycles. The zero-order chi connectivity index (χ0) is 24.3. The molecule has 33 heavy (non-hydrogen) atoms. The minimum absolute atomic E-state index is 0.0398. The summed E-state index contributed by atoms with van der Waals surface area (Å²) in [7, 11) is 0. The van der Waals surface area contributed by atoms with Crippen LogP contribution in [0.15, 0.2) is 48.8 Å². The van der Waals surface area contributed by atoms with Gasteiger partial charge in [-0.2, -0.15) is 18.3 Å². The van der Waals surface area contributed by atoms with Crippen LogP contribution in [0, 0.1) is 17.0 Å². The normalized spacial score (nSPS) is 12.2. The minimum Gasteiger partial charge on any atom is -0.449 e. The molecule has 0 radical (unpaired) electrons. The lowest BCUT2D eigenvalue weighted by molar-refractivity contribution is -0.383. The van der Waals surface area contributed by atoms with Gasteiger partial charge in [0.1, 0.15) is 11.3 Å². The monoisotopic (exact) mass is 463 g/mol. The highest BCUT2D eigenvalue weighted by molar-refractivity contribution is 5.98. The number of nitro groups is 1. The number of benzene rings is 1.